The zero-order valence-electron chi connectivity index (χ0n) is 49.6. The maximum Gasteiger partial charge on any atom is 0.364 e. The summed E-state index contributed by atoms with van der Waals surface area (Å²) in [4.78, 5) is 50.5. The lowest BCUT2D eigenvalue weighted by atomic mass is 9.88. The highest BCUT2D eigenvalue weighted by Gasteiger charge is 2.60. The fourth-order valence-corrected chi connectivity index (χ4v) is 11.7. The van der Waals surface area contributed by atoms with Crippen molar-refractivity contribution < 1.29 is 193 Å². The Bertz CT molecular complexity index is 2410. The Morgan fingerprint density at radius 2 is 0.839 bits per heavy atom. The van der Waals surface area contributed by atoms with Gasteiger partial charge in [-0.1, -0.05) is 0 Å². The SMILES string of the molecule is CC(=O)N[C@H]1[C@H](OC[C@H]2OC(O)[C@H](O)[C@@H](O[C@@H]3O[C@H](CO)[C@@H](O[C@@H]4O[C@H](CO)[C@H](O)[C@H](O)[C@H]4O)[C@H](O)[C@H]3NC(C)=O)[C@@H]2O[C@@H]2O[C@H](CO)[C@H](O)[C@H](O)[C@H]2O)O[C@H](CO)[C@@H](O[C@@H]2O[C@H](CO[C@@]3(C(=O)O)C[C@H](O)[C@@H](NC(C)=O)[C@H]([C@H](O)[C@H](O)CO)O3)[C@H](O)[C@H](O)[C@H]2O)[C@@H]1O. The summed E-state index contributed by atoms with van der Waals surface area (Å²) in [6.45, 7) is -4.60. The smallest absolute Gasteiger partial charge is 0.364 e. The first-order valence-corrected chi connectivity index (χ1v) is 29.2. The predicted octanol–water partition coefficient (Wildman–Crippen LogP) is -16.6. The molecule has 1 unspecified atom stereocenters. The van der Waals surface area contributed by atoms with Crippen molar-refractivity contribution in [3.05, 3.63) is 0 Å². The molecule has 7 aliphatic rings. The largest absolute Gasteiger partial charge is 0.477 e. The van der Waals surface area contributed by atoms with Crippen LogP contribution in [-0.4, -0.2) is 403 Å². The van der Waals surface area contributed by atoms with Gasteiger partial charge in [0.1, 0.15) is 165 Å². The van der Waals surface area contributed by atoms with E-state index in [1.807, 2.05) is 0 Å². The molecule has 3 amide bonds. The van der Waals surface area contributed by atoms with Gasteiger partial charge in [0.05, 0.1) is 58.4 Å². The van der Waals surface area contributed by atoms with Gasteiger partial charge in [-0.05, 0) is 0 Å². The van der Waals surface area contributed by atoms with E-state index in [2.05, 4.69) is 16.0 Å². The van der Waals surface area contributed by atoms with Gasteiger partial charge in [0.2, 0.25) is 17.7 Å². The summed E-state index contributed by atoms with van der Waals surface area (Å²) >= 11 is 0. The van der Waals surface area contributed by atoms with E-state index in [0.29, 0.717) is 0 Å². The summed E-state index contributed by atoms with van der Waals surface area (Å²) in [6, 6.07) is -5.37. The van der Waals surface area contributed by atoms with Gasteiger partial charge in [-0.2, -0.15) is 0 Å². The molecule has 0 aliphatic carbocycles. The topological polar surface area (TPSA) is 669 Å². The van der Waals surface area contributed by atoms with E-state index in [0.717, 1.165) is 20.8 Å². The molecule has 7 fully saturated rings. The number of rotatable bonds is 25. The Kier molecular flexibility index (Phi) is 27.2. The molecule has 0 bridgehead atoms. The van der Waals surface area contributed by atoms with Gasteiger partial charge in [0.25, 0.3) is 5.79 Å². The molecule has 25 N–H and O–H groups in total. The van der Waals surface area contributed by atoms with Gasteiger partial charge in [0.15, 0.2) is 37.7 Å². The monoisotopic (exact) mass is 1360 g/mol. The summed E-state index contributed by atoms with van der Waals surface area (Å²) < 4.78 is 75.2. The first kappa shape index (κ1) is 76.9. The van der Waals surface area contributed by atoms with Crippen LogP contribution >= 0.6 is 0 Å². The van der Waals surface area contributed by atoms with Gasteiger partial charge in [-0.3, -0.25) is 14.4 Å². The maximum absolute atomic E-state index is 12.9. The minimum atomic E-state index is -3.02. The third-order valence-corrected chi connectivity index (χ3v) is 16.7. The summed E-state index contributed by atoms with van der Waals surface area (Å²) in [5.41, 5.74) is 0. The molecule has 7 rings (SSSR count). The molecule has 7 heterocycles. The third kappa shape index (κ3) is 17.0. The molecule has 93 heavy (non-hydrogen) atoms. The number of aliphatic hydroxyl groups is 21. The molecule has 36 atom stereocenters. The van der Waals surface area contributed by atoms with Crippen molar-refractivity contribution in [1.82, 2.24) is 16.0 Å². The lowest BCUT2D eigenvalue weighted by Gasteiger charge is -2.50. The van der Waals surface area contributed by atoms with Crippen LogP contribution in [0.2, 0.25) is 0 Å². The van der Waals surface area contributed by atoms with Crippen LogP contribution in [-0.2, 0) is 80.8 Å². The zero-order chi connectivity index (χ0) is 69.0. The highest BCUT2D eigenvalue weighted by molar-refractivity contribution is 5.77. The highest BCUT2D eigenvalue weighted by Crippen LogP contribution is 2.39. The normalized spacial score (nSPS) is 47.2. The van der Waals surface area contributed by atoms with E-state index in [1.54, 1.807) is 0 Å². The Labute approximate surface area is 525 Å². The quantitative estimate of drug-likeness (QED) is 0.0404. The number of hydrogen-bond acceptors (Lipinski definition) is 38. The number of carbonyl (C=O) groups is 4. The number of carboxylic acids is 1. The maximum atomic E-state index is 12.9. The molecular weight excluding hydrogens is 1280 g/mol. The van der Waals surface area contributed by atoms with Crippen LogP contribution < -0.4 is 16.0 Å². The standard InChI is InChI=1S/C51H85N3O39/c1-12(60)52-23-15(63)4-51(50(79)80,93-42(23)26(65)16(64)5-55)82-11-21-29(68)34(73)37(76)49(88-21)90-39-19(8-58)86-45(24(30(39)69)53-13(2)61)81-10-22-41(91-48-36(75)33(72)28(67)18(7-57)85-48)43(38(77)44(78)83-22)92-46-25(54-14(3)62)31(70)40(20(9-59)87-46)89-47-35(74)32(71)27(66)17(6-56)84-47/h15-49,55-59,63-78H,4-11H2,1-3H3,(H,52,60)(H,53,61)(H,54,62)(H,79,80)/t15-,16+,17+,18+,19+,20+,21+,22+,23+,24+,25+,26+,27-,28-,29-,30+,31+,32-,33-,34-,35+,36+,37+,38+,39+,40+,41+,42+,43+,44?,45+,46-,47-,48-,49-,51-/m0/s1. The van der Waals surface area contributed by atoms with E-state index in [9.17, 15) is 132 Å². The number of ether oxygens (including phenoxy) is 13. The molecule has 0 spiro atoms. The second kappa shape index (κ2) is 32.9. The van der Waals surface area contributed by atoms with Gasteiger partial charge in [-0.15, -0.1) is 0 Å². The van der Waals surface area contributed by atoms with E-state index in [4.69, 9.17) is 61.6 Å². The van der Waals surface area contributed by atoms with Crippen molar-refractivity contribution in [3.8, 4) is 0 Å². The molecular formula is C51H85N3O39. The van der Waals surface area contributed by atoms with Gasteiger partial charge in [-0.25, -0.2) is 4.79 Å². The Morgan fingerprint density at radius 1 is 0.441 bits per heavy atom. The van der Waals surface area contributed by atoms with E-state index in [-0.39, 0.29) is 0 Å². The van der Waals surface area contributed by atoms with Crippen LogP contribution in [0.3, 0.4) is 0 Å². The first-order valence-electron chi connectivity index (χ1n) is 29.2. The first-order chi connectivity index (χ1) is 43.8. The van der Waals surface area contributed by atoms with Crippen LogP contribution in [0.25, 0.3) is 0 Å². The number of nitrogens with one attached hydrogen (secondary N) is 3. The molecule has 0 aromatic carbocycles. The second-order valence-electron chi connectivity index (χ2n) is 23.3. The molecule has 42 heteroatoms. The Hall–Kier alpha value is -3.48. The molecule has 7 saturated heterocycles. The third-order valence-electron chi connectivity index (χ3n) is 16.7. The predicted molar refractivity (Wildman–Crippen MR) is 284 cm³/mol. The van der Waals surface area contributed by atoms with E-state index in [1.165, 1.54) is 0 Å². The minimum absolute atomic E-state index is 0.809. The number of hydrogen-bond donors (Lipinski definition) is 25. The van der Waals surface area contributed by atoms with Crippen molar-refractivity contribution in [2.75, 3.05) is 46.2 Å². The second-order valence-corrected chi connectivity index (χ2v) is 23.3. The lowest BCUT2D eigenvalue weighted by molar-refractivity contribution is -0.388. The van der Waals surface area contributed by atoms with Crippen molar-refractivity contribution >= 4 is 23.7 Å². The van der Waals surface area contributed by atoms with Crippen LogP contribution in [0.4, 0.5) is 0 Å². The molecule has 42 nitrogen and oxygen atoms in total. The molecule has 0 aromatic rings. The fourth-order valence-electron chi connectivity index (χ4n) is 11.7. The van der Waals surface area contributed by atoms with Crippen molar-refractivity contribution in [2.24, 2.45) is 0 Å². The van der Waals surface area contributed by atoms with Crippen LogP contribution in [0.1, 0.15) is 27.2 Å². The van der Waals surface area contributed by atoms with E-state index < -0.39 is 297 Å². The van der Waals surface area contributed by atoms with Crippen LogP contribution in [0.5, 0.6) is 0 Å². The number of aliphatic carboxylic acids is 1. The Balaban J connectivity index is 1.13. The molecule has 0 aromatic heterocycles. The molecule has 538 valence electrons. The van der Waals surface area contributed by atoms with Crippen LogP contribution in [0.15, 0.2) is 0 Å². The fraction of sp³-hybridized carbons (Fsp3) is 0.922. The van der Waals surface area contributed by atoms with Crippen molar-refractivity contribution in [2.45, 2.75) is 248 Å². The van der Waals surface area contributed by atoms with Crippen molar-refractivity contribution in [1.29, 1.82) is 0 Å². The summed E-state index contributed by atoms with van der Waals surface area (Å²) in [7, 11) is 0. The Morgan fingerprint density at radius 3 is 1.28 bits per heavy atom. The summed E-state index contributed by atoms with van der Waals surface area (Å²) in [5, 5.41) is 244. The summed E-state index contributed by atoms with van der Waals surface area (Å²) in [6.07, 6.45) is -66.6. The molecule has 7 aliphatic heterocycles. The average molecular weight is 1360 g/mol. The molecule has 0 saturated carbocycles. The van der Waals surface area contributed by atoms with Crippen molar-refractivity contribution in [3.63, 3.8) is 0 Å². The summed E-state index contributed by atoms with van der Waals surface area (Å²) in [5.74, 6) is -7.67. The average Bonchev–Trinajstić information content (AvgIpc) is 0.782. The van der Waals surface area contributed by atoms with E-state index >= 15 is 0 Å². The van der Waals surface area contributed by atoms with Gasteiger partial charge < -0.3 is 190 Å². The van der Waals surface area contributed by atoms with Gasteiger partial charge in [0, 0.05) is 27.2 Å². The number of aliphatic hydroxyl groups excluding tert-OH is 21. The van der Waals surface area contributed by atoms with Gasteiger partial charge >= 0.3 is 5.97 Å². The number of carbonyl (C=O) groups excluding carboxylic acids is 3. The highest BCUT2D eigenvalue weighted by atomic mass is 16.8. The molecule has 0 radical (unpaired) electrons. The minimum Gasteiger partial charge on any atom is -0.477 e. The number of carboxylic acid groups (broad SMARTS) is 1. The zero-order valence-corrected chi connectivity index (χ0v) is 49.6. The lowest BCUT2D eigenvalue weighted by Crippen LogP contribution is -2.70. The van der Waals surface area contributed by atoms with Crippen LogP contribution in [0, 0.1) is 0 Å². The number of amides is 3.